The topological polar surface area (TPSA) is 76.7 Å². The van der Waals surface area contributed by atoms with Crippen molar-refractivity contribution in [2.75, 3.05) is 6.61 Å². The zero-order chi connectivity index (χ0) is 22.7. The van der Waals surface area contributed by atoms with E-state index in [0.717, 1.165) is 22.3 Å². The maximum atomic E-state index is 13.3. The van der Waals surface area contributed by atoms with Crippen molar-refractivity contribution in [3.63, 3.8) is 0 Å². The minimum Gasteiger partial charge on any atom is -0.487 e. The van der Waals surface area contributed by atoms with Crippen LogP contribution in [0.2, 0.25) is 5.02 Å². The molecule has 1 aliphatic heterocycles. The molecule has 8 heteroatoms. The first kappa shape index (κ1) is 22.6. The molecular weight excluding hydrogens is 423 g/mol. The summed E-state index contributed by atoms with van der Waals surface area (Å²) >= 11 is 6.06. The summed E-state index contributed by atoms with van der Waals surface area (Å²) in [5, 5.41) is 5.64. The lowest BCUT2D eigenvalue weighted by Gasteiger charge is -2.30. The number of esters is 1. The largest absolute Gasteiger partial charge is 0.487 e. The molecule has 0 aromatic heterocycles. The van der Waals surface area contributed by atoms with Crippen molar-refractivity contribution in [2.45, 2.75) is 40.3 Å². The predicted molar refractivity (Wildman–Crippen MR) is 115 cm³/mol. The van der Waals surface area contributed by atoms with Gasteiger partial charge in [-0.15, -0.1) is 0 Å². The van der Waals surface area contributed by atoms with Crippen molar-refractivity contribution < 1.29 is 23.5 Å². The number of carbonyl (C=O) groups is 2. The Hall–Kier alpha value is -3.06. The minimum atomic E-state index is -0.666. The molecule has 6 nitrogen and oxygen atoms in total. The number of urea groups is 1. The van der Waals surface area contributed by atoms with Crippen LogP contribution in [-0.2, 0) is 16.1 Å². The Bertz CT molecular complexity index is 1070. The van der Waals surface area contributed by atoms with Crippen molar-refractivity contribution in [1.82, 2.24) is 10.6 Å². The molecule has 1 aliphatic rings. The molecule has 31 heavy (non-hydrogen) atoms. The van der Waals surface area contributed by atoms with E-state index in [1.807, 2.05) is 26.0 Å². The van der Waals surface area contributed by atoms with Crippen molar-refractivity contribution in [1.29, 1.82) is 0 Å². The number of hydrogen-bond donors (Lipinski definition) is 2. The smallest absolute Gasteiger partial charge is 0.338 e. The zero-order valence-corrected chi connectivity index (χ0v) is 18.5. The highest BCUT2D eigenvalue weighted by molar-refractivity contribution is 6.32. The monoisotopic (exact) mass is 446 g/mol. The molecule has 3 rings (SSSR count). The fourth-order valence-electron chi connectivity index (χ4n) is 3.57. The molecule has 0 spiro atoms. The van der Waals surface area contributed by atoms with Crippen LogP contribution in [0.25, 0.3) is 0 Å². The number of rotatable bonds is 6. The Balaban J connectivity index is 1.97. The number of benzene rings is 2. The van der Waals surface area contributed by atoms with Crippen molar-refractivity contribution in [3.05, 3.63) is 74.7 Å². The molecule has 164 valence electrons. The summed E-state index contributed by atoms with van der Waals surface area (Å²) in [5.74, 6) is -0.570. The second kappa shape index (κ2) is 9.39. The van der Waals surface area contributed by atoms with Gasteiger partial charge in [-0.05, 0) is 62.6 Å². The van der Waals surface area contributed by atoms with E-state index in [-0.39, 0.29) is 18.2 Å². The number of halogens is 2. The van der Waals surface area contributed by atoms with Gasteiger partial charge in [0.2, 0.25) is 0 Å². The molecule has 1 unspecified atom stereocenters. The van der Waals surface area contributed by atoms with Crippen LogP contribution in [0.4, 0.5) is 9.18 Å². The Morgan fingerprint density at radius 2 is 1.94 bits per heavy atom. The van der Waals surface area contributed by atoms with E-state index in [2.05, 4.69) is 10.6 Å². The van der Waals surface area contributed by atoms with Gasteiger partial charge in [-0.2, -0.15) is 0 Å². The molecule has 0 radical (unpaired) electrons. The van der Waals surface area contributed by atoms with E-state index in [1.165, 1.54) is 18.2 Å². The third kappa shape index (κ3) is 4.99. The van der Waals surface area contributed by atoms with Gasteiger partial charge < -0.3 is 20.1 Å². The first-order chi connectivity index (χ1) is 14.7. The van der Waals surface area contributed by atoms with Gasteiger partial charge in [0.05, 0.1) is 23.2 Å². The SMILES string of the molecule is CCOC(=O)C1=C(C)NC(=O)NC1c1cc(C)cc(COc2ccc(F)cc2Cl)c1C. The first-order valence-corrected chi connectivity index (χ1v) is 10.2. The van der Waals surface area contributed by atoms with Gasteiger partial charge in [-0.3, -0.25) is 0 Å². The predicted octanol–water partition coefficient (Wildman–Crippen LogP) is 4.87. The number of aryl methyl sites for hydroxylation is 1. The average Bonchev–Trinajstić information content (AvgIpc) is 2.69. The van der Waals surface area contributed by atoms with E-state index < -0.39 is 23.9 Å². The number of allylic oxidation sites excluding steroid dienone is 1. The van der Waals surface area contributed by atoms with Gasteiger partial charge in [-0.25, -0.2) is 14.0 Å². The summed E-state index contributed by atoms with van der Waals surface area (Å²) in [7, 11) is 0. The third-order valence-electron chi connectivity index (χ3n) is 5.05. The summed E-state index contributed by atoms with van der Waals surface area (Å²) in [4.78, 5) is 24.8. The molecule has 2 aromatic carbocycles. The summed E-state index contributed by atoms with van der Waals surface area (Å²) in [6, 6.07) is 6.76. The van der Waals surface area contributed by atoms with E-state index in [9.17, 15) is 14.0 Å². The number of hydrogen-bond acceptors (Lipinski definition) is 4. The fraction of sp³-hybridized carbons (Fsp3) is 0.304. The van der Waals surface area contributed by atoms with Crippen LogP contribution < -0.4 is 15.4 Å². The normalized spacial score (nSPS) is 15.9. The molecule has 2 N–H and O–H groups in total. The van der Waals surface area contributed by atoms with Crippen LogP contribution >= 0.6 is 11.6 Å². The van der Waals surface area contributed by atoms with Crippen LogP contribution in [0.5, 0.6) is 5.75 Å². The Kier molecular flexibility index (Phi) is 6.85. The van der Waals surface area contributed by atoms with Crippen molar-refractivity contribution >= 4 is 23.6 Å². The summed E-state index contributed by atoms with van der Waals surface area (Å²) in [5.41, 5.74) is 4.20. The van der Waals surface area contributed by atoms with Crippen LogP contribution in [-0.4, -0.2) is 18.6 Å². The molecule has 0 fully saturated rings. The van der Waals surface area contributed by atoms with Gasteiger partial charge in [-0.1, -0.05) is 29.3 Å². The second-order valence-corrected chi connectivity index (χ2v) is 7.70. The molecule has 0 saturated carbocycles. The lowest BCUT2D eigenvalue weighted by molar-refractivity contribution is -0.139. The molecule has 0 bridgehead atoms. The lowest BCUT2D eigenvalue weighted by atomic mass is 9.89. The van der Waals surface area contributed by atoms with Gasteiger partial charge in [0.15, 0.2) is 0 Å². The van der Waals surface area contributed by atoms with E-state index in [4.69, 9.17) is 21.1 Å². The van der Waals surface area contributed by atoms with E-state index in [1.54, 1.807) is 13.8 Å². The number of nitrogens with one attached hydrogen (secondary N) is 2. The van der Waals surface area contributed by atoms with Crippen LogP contribution in [0, 0.1) is 19.7 Å². The third-order valence-corrected chi connectivity index (χ3v) is 5.35. The number of carbonyl (C=O) groups excluding carboxylic acids is 2. The summed E-state index contributed by atoms with van der Waals surface area (Å²) < 4.78 is 24.3. The lowest BCUT2D eigenvalue weighted by Crippen LogP contribution is -2.45. The van der Waals surface area contributed by atoms with E-state index >= 15 is 0 Å². The Morgan fingerprint density at radius 3 is 2.61 bits per heavy atom. The molecule has 0 saturated heterocycles. The fourth-order valence-corrected chi connectivity index (χ4v) is 3.79. The minimum absolute atomic E-state index is 0.180. The van der Waals surface area contributed by atoms with Crippen LogP contribution in [0.3, 0.4) is 0 Å². The van der Waals surface area contributed by atoms with Crippen LogP contribution in [0.1, 0.15) is 42.1 Å². The van der Waals surface area contributed by atoms with Gasteiger partial charge in [0.1, 0.15) is 18.2 Å². The van der Waals surface area contributed by atoms with Crippen LogP contribution in [0.15, 0.2) is 41.6 Å². The summed E-state index contributed by atoms with van der Waals surface area (Å²) in [6.07, 6.45) is 0. The van der Waals surface area contributed by atoms with Gasteiger partial charge in [0, 0.05) is 5.70 Å². The zero-order valence-electron chi connectivity index (χ0n) is 17.8. The highest BCUT2D eigenvalue weighted by Crippen LogP contribution is 2.33. The Labute approximate surface area is 185 Å². The van der Waals surface area contributed by atoms with Gasteiger partial charge >= 0.3 is 12.0 Å². The maximum absolute atomic E-state index is 13.3. The Morgan fingerprint density at radius 1 is 1.19 bits per heavy atom. The highest BCUT2D eigenvalue weighted by atomic mass is 35.5. The first-order valence-electron chi connectivity index (χ1n) is 9.84. The number of amides is 2. The summed E-state index contributed by atoms with van der Waals surface area (Å²) in [6.45, 7) is 7.62. The standard InChI is InChI=1S/C23H24ClFN2O4/c1-5-30-22(28)20-14(4)26-23(29)27-21(20)17-9-12(2)8-15(13(17)3)11-31-19-7-6-16(25)10-18(19)24/h6-10,21H,5,11H2,1-4H3,(H2,26,27,29). The highest BCUT2D eigenvalue weighted by Gasteiger charge is 2.33. The average molecular weight is 447 g/mol. The van der Waals surface area contributed by atoms with Gasteiger partial charge in [0.25, 0.3) is 0 Å². The molecule has 2 aromatic rings. The number of ether oxygens (including phenoxy) is 2. The molecule has 1 heterocycles. The van der Waals surface area contributed by atoms with Crippen molar-refractivity contribution in [3.8, 4) is 5.75 Å². The van der Waals surface area contributed by atoms with E-state index in [0.29, 0.717) is 17.0 Å². The molecule has 2 amide bonds. The molecular formula is C23H24ClFN2O4. The molecule has 0 aliphatic carbocycles. The maximum Gasteiger partial charge on any atom is 0.338 e. The van der Waals surface area contributed by atoms with Crippen molar-refractivity contribution in [2.24, 2.45) is 0 Å². The quantitative estimate of drug-likeness (QED) is 0.621. The molecule has 1 atom stereocenters. The second-order valence-electron chi connectivity index (χ2n) is 7.29.